The van der Waals surface area contributed by atoms with Crippen LogP contribution >= 0.6 is 0 Å². The Balaban J connectivity index is 1.46. The number of esters is 1. The molecule has 1 N–H and O–H groups in total. The topological polar surface area (TPSA) is 102 Å². The molecule has 2 aromatic carbocycles. The zero-order valence-corrected chi connectivity index (χ0v) is 21.1. The molecular weight excluding hydrogens is 462 g/mol. The van der Waals surface area contributed by atoms with Crippen LogP contribution in [0.3, 0.4) is 0 Å². The van der Waals surface area contributed by atoms with Crippen molar-refractivity contribution in [3.63, 3.8) is 0 Å². The molecule has 2 aliphatic rings. The van der Waals surface area contributed by atoms with Gasteiger partial charge < -0.3 is 24.2 Å². The van der Waals surface area contributed by atoms with Gasteiger partial charge in [-0.25, -0.2) is 9.59 Å². The Morgan fingerprint density at radius 1 is 1.11 bits per heavy atom. The second-order valence-electron chi connectivity index (χ2n) is 9.43. The van der Waals surface area contributed by atoms with Crippen LogP contribution in [0.2, 0.25) is 0 Å². The molecule has 1 atom stereocenters. The van der Waals surface area contributed by atoms with Crippen LogP contribution in [-0.4, -0.2) is 50.3 Å². The van der Waals surface area contributed by atoms with E-state index in [9.17, 15) is 19.5 Å². The Morgan fingerprint density at radius 2 is 1.78 bits per heavy atom. The van der Waals surface area contributed by atoms with E-state index in [4.69, 9.17) is 14.2 Å². The Kier molecular flexibility index (Phi) is 7.36. The highest BCUT2D eigenvalue weighted by Gasteiger charge is 2.33. The van der Waals surface area contributed by atoms with Crippen molar-refractivity contribution >= 4 is 29.1 Å². The number of methoxy groups -OCH3 is 2. The molecule has 1 fully saturated rings. The van der Waals surface area contributed by atoms with Crippen LogP contribution in [-0.2, 0) is 16.0 Å². The summed E-state index contributed by atoms with van der Waals surface area (Å²) >= 11 is 0. The van der Waals surface area contributed by atoms with Crippen LogP contribution in [0.4, 0.5) is 5.69 Å². The maximum atomic E-state index is 11.9. The molecule has 0 amide bonds. The van der Waals surface area contributed by atoms with Crippen LogP contribution in [0.15, 0.2) is 24.3 Å². The summed E-state index contributed by atoms with van der Waals surface area (Å²) < 4.78 is 16.1. The van der Waals surface area contributed by atoms with Gasteiger partial charge in [-0.3, -0.25) is 4.79 Å². The number of rotatable bonds is 7. The first-order chi connectivity index (χ1) is 17.3. The molecule has 1 heterocycles. The van der Waals surface area contributed by atoms with E-state index in [0.29, 0.717) is 28.6 Å². The van der Waals surface area contributed by atoms with Crippen molar-refractivity contribution in [3.8, 4) is 17.2 Å². The first kappa shape index (κ1) is 25.3. The van der Waals surface area contributed by atoms with Gasteiger partial charge in [0.15, 0.2) is 11.5 Å². The summed E-state index contributed by atoms with van der Waals surface area (Å²) in [6.45, 7) is 4.63. The number of nitrogens with zero attached hydrogens (tertiary/aromatic N) is 1. The summed E-state index contributed by atoms with van der Waals surface area (Å²) in [5, 5.41) is 9.49. The highest BCUT2D eigenvalue weighted by molar-refractivity contribution is 5.94. The van der Waals surface area contributed by atoms with Crippen molar-refractivity contribution in [2.24, 2.45) is 11.8 Å². The smallest absolute Gasteiger partial charge is 0.339 e. The molecule has 1 aliphatic heterocycles. The number of benzene rings is 2. The zero-order chi connectivity index (χ0) is 26.0. The van der Waals surface area contributed by atoms with Crippen molar-refractivity contribution < 1.29 is 33.7 Å². The van der Waals surface area contributed by atoms with Gasteiger partial charge >= 0.3 is 11.9 Å². The molecule has 36 heavy (non-hydrogen) atoms. The Labute approximate surface area is 210 Å². The zero-order valence-electron chi connectivity index (χ0n) is 21.1. The van der Waals surface area contributed by atoms with Gasteiger partial charge in [-0.05, 0) is 79.8 Å². The summed E-state index contributed by atoms with van der Waals surface area (Å²) in [4.78, 5) is 37.3. The van der Waals surface area contributed by atoms with E-state index in [1.807, 2.05) is 12.1 Å². The van der Waals surface area contributed by atoms with Crippen LogP contribution in [0.5, 0.6) is 17.2 Å². The fraction of sp³-hybridized carbons (Fsp3) is 0.429. The minimum Gasteiger partial charge on any atom is -0.493 e. The summed E-state index contributed by atoms with van der Waals surface area (Å²) in [6, 6.07) is 7.11. The number of ether oxygens (including phenoxy) is 3. The lowest BCUT2D eigenvalue weighted by Gasteiger charge is -2.35. The van der Waals surface area contributed by atoms with E-state index in [1.165, 1.54) is 13.0 Å². The van der Waals surface area contributed by atoms with Crippen molar-refractivity contribution in [2.75, 3.05) is 32.2 Å². The van der Waals surface area contributed by atoms with Gasteiger partial charge in [0.1, 0.15) is 17.3 Å². The van der Waals surface area contributed by atoms with Gasteiger partial charge in [0.2, 0.25) is 0 Å². The van der Waals surface area contributed by atoms with Crippen LogP contribution in [0, 0.1) is 18.8 Å². The Bertz CT molecular complexity index is 1240. The predicted molar refractivity (Wildman–Crippen MR) is 135 cm³/mol. The van der Waals surface area contributed by atoms with Gasteiger partial charge in [0.05, 0.1) is 14.2 Å². The molecule has 1 aliphatic carbocycles. The number of carboxylic acid groups (broad SMARTS) is 1. The summed E-state index contributed by atoms with van der Waals surface area (Å²) in [5.41, 5.74) is 4.18. The minimum absolute atomic E-state index is 0.0245. The van der Waals surface area contributed by atoms with Crippen molar-refractivity contribution in [2.45, 2.75) is 39.5 Å². The number of carbonyl (C=O) groups is 2. The molecule has 0 aromatic heterocycles. The van der Waals surface area contributed by atoms with Gasteiger partial charge in [-0.2, -0.15) is 0 Å². The molecule has 0 bridgehead atoms. The lowest BCUT2D eigenvalue weighted by Crippen LogP contribution is -2.35. The van der Waals surface area contributed by atoms with Gasteiger partial charge in [-0.15, -0.1) is 0 Å². The Hall–Kier alpha value is -3.77. The monoisotopic (exact) mass is 493 g/mol. The molecular formula is C28H31NO7. The van der Waals surface area contributed by atoms with E-state index >= 15 is 0 Å². The summed E-state index contributed by atoms with van der Waals surface area (Å²) in [5.74, 6) is 2.43. The molecule has 0 saturated carbocycles. The number of carboxylic acids is 1. The number of hydrogen-bond donors (Lipinski definition) is 1. The fourth-order valence-electron chi connectivity index (χ4n) is 5.55. The molecule has 2 aromatic rings. The number of piperidine rings is 1. The normalized spacial score (nSPS) is 17.4. The van der Waals surface area contributed by atoms with Crippen LogP contribution in [0.25, 0.3) is 5.57 Å². The van der Waals surface area contributed by atoms with Crippen molar-refractivity contribution in [3.05, 3.63) is 46.5 Å². The quantitative estimate of drug-likeness (QED) is 0.345. The third kappa shape index (κ3) is 4.82. The first-order valence-electron chi connectivity index (χ1n) is 12.1. The average molecular weight is 494 g/mol. The highest BCUT2D eigenvalue weighted by Crippen LogP contribution is 2.45. The molecule has 8 heteroatoms. The molecule has 190 valence electrons. The summed E-state index contributed by atoms with van der Waals surface area (Å²) in [6.07, 6.45) is 3.55. The number of hydrogen-bond acceptors (Lipinski definition) is 7. The number of allylic oxidation sites excluding steroid dienone is 1. The highest BCUT2D eigenvalue weighted by atomic mass is 16.5. The molecule has 0 radical (unpaired) electrons. The SMILES string of the molecule is COc1cc2c(cc1OC)C(=C=O)C(CC1CCN(c3ccc(C(=O)O)c(OC(C)=O)c3C)CC1)C2. The lowest BCUT2D eigenvalue weighted by atomic mass is 9.84. The molecule has 1 saturated heterocycles. The Morgan fingerprint density at radius 3 is 2.36 bits per heavy atom. The van der Waals surface area contributed by atoms with Crippen LogP contribution < -0.4 is 19.1 Å². The number of aromatic carboxylic acids is 1. The van der Waals surface area contributed by atoms with Gasteiger partial charge in [0.25, 0.3) is 0 Å². The van der Waals surface area contributed by atoms with Gasteiger partial charge in [0, 0.05) is 36.8 Å². The first-order valence-corrected chi connectivity index (χ1v) is 12.1. The fourth-order valence-corrected chi connectivity index (χ4v) is 5.55. The third-order valence-electron chi connectivity index (χ3n) is 7.31. The molecule has 0 spiro atoms. The largest absolute Gasteiger partial charge is 0.493 e. The number of fused-ring (bicyclic) bond motifs is 1. The molecule has 8 nitrogen and oxygen atoms in total. The van der Waals surface area contributed by atoms with E-state index in [0.717, 1.165) is 55.6 Å². The number of carbonyl (C=O) groups excluding carboxylic acids is 2. The van der Waals surface area contributed by atoms with Crippen molar-refractivity contribution in [1.82, 2.24) is 0 Å². The molecule has 4 rings (SSSR count). The van der Waals surface area contributed by atoms with E-state index in [2.05, 4.69) is 10.8 Å². The predicted octanol–water partition coefficient (Wildman–Crippen LogP) is 4.33. The second-order valence-corrected chi connectivity index (χ2v) is 9.43. The second kappa shape index (κ2) is 10.5. The maximum absolute atomic E-state index is 11.9. The van der Waals surface area contributed by atoms with Gasteiger partial charge in [-0.1, -0.05) is 0 Å². The van der Waals surface area contributed by atoms with Crippen LogP contribution in [0.1, 0.15) is 53.2 Å². The average Bonchev–Trinajstić information content (AvgIpc) is 3.20. The summed E-state index contributed by atoms with van der Waals surface area (Å²) in [7, 11) is 3.19. The van der Waals surface area contributed by atoms with E-state index in [-0.39, 0.29) is 17.2 Å². The van der Waals surface area contributed by atoms with E-state index < -0.39 is 11.9 Å². The number of anilines is 1. The lowest BCUT2D eigenvalue weighted by molar-refractivity contribution is -0.131. The minimum atomic E-state index is -1.13. The standard InChI is InChI=1S/C28H31NO7/c1-16-24(6-5-21(28(32)33)27(16)36-17(2)31)29-9-7-18(8-10-29)11-19-12-20-13-25(34-3)26(35-4)14-22(20)23(19)15-30/h5-6,13-14,18-19H,7-12H2,1-4H3,(H,32,33). The van der Waals surface area contributed by atoms with E-state index in [1.54, 1.807) is 27.2 Å². The van der Waals surface area contributed by atoms with Crippen molar-refractivity contribution in [1.29, 1.82) is 0 Å². The maximum Gasteiger partial charge on any atom is 0.339 e. The molecule has 1 unspecified atom stereocenters. The third-order valence-corrected chi connectivity index (χ3v) is 7.31.